The molecule has 0 saturated carbocycles. The van der Waals surface area contributed by atoms with Crippen LogP contribution in [-0.2, 0) is 6.54 Å². The topological polar surface area (TPSA) is 67.1 Å². The van der Waals surface area contributed by atoms with E-state index < -0.39 is 0 Å². The van der Waals surface area contributed by atoms with Crippen LogP contribution in [0.15, 0.2) is 53.3 Å². The average Bonchev–Trinajstić information content (AvgIpc) is 3.35. The molecule has 6 nitrogen and oxygen atoms in total. The highest BCUT2D eigenvalue weighted by molar-refractivity contribution is 6.05. The normalized spacial score (nSPS) is 14.4. The van der Waals surface area contributed by atoms with E-state index in [2.05, 4.69) is 37.3 Å². The van der Waals surface area contributed by atoms with Crippen LogP contribution in [0.2, 0.25) is 0 Å². The van der Waals surface area contributed by atoms with E-state index in [1.165, 1.54) is 12.8 Å². The van der Waals surface area contributed by atoms with Crippen molar-refractivity contribution in [2.75, 3.05) is 23.3 Å². The van der Waals surface area contributed by atoms with Gasteiger partial charge in [-0.2, -0.15) is 0 Å². The SMILES string of the molecule is c1ccc2c(c1)oc1c(NCc3ccc(N4CCCC4)nc3)ncnc12. The molecule has 130 valence electrons. The van der Waals surface area contributed by atoms with Gasteiger partial charge < -0.3 is 14.6 Å². The zero-order chi connectivity index (χ0) is 17.3. The Kier molecular flexibility index (Phi) is 3.66. The molecular weight excluding hydrogens is 326 g/mol. The van der Waals surface area contributed by atoms with Gasteiger partial charge in [0, 0.05) is 31.2 Å². The fourth-order valence-corrected chi connectivity index (χ4v) is 3.49. The van der Waals surface area contributed by atoms with Gasteiger partial charge in [0.05, 0.1) is 0 Å². The molecule has 6 heteroatoms. The third-order valence-corrected chi connectivity index (χ3v) is 4.86. The fourth-order valence-electron chi connectivity index (χ4n) is 3.49. The Morgan fingerprint density at radius 2 is 1.88 bits per heavy atom. The van der Waals surface area contributed by atoms with Crippen LogP contribution in [0.5, 0.6) is 0 Å². The van der Waals surface area contributed by atoms with Crippen LogP contribution in [0, 0.1) is 0 Å². The van der Waals surface area contributed by atoms with E-state index >= 15 is 0 Å². The average molecular weight is 345 g/mol. The summed E-state index contributed by atoms with van der Waals surface area (Å²) in [6.07, 6.45) is 6.01. The maximum atomic E-state index is 5.95. The minimum atomic E-state index is 0.635. The van der Waals surface area contributed by atoms with Gasteiger partial charge in [0.2, 0.25) is 0 Å². The molecule has 0 radical (unpaired) electrons. The summed E-state index contributed by atoms with van der Waals surface area (Å²) in [7, 11) is 0. The lowest BCUT2D eigenvalue weighted by molar-refractivity contribution is 0.666. The van der Waals surface area contributed by atoms with Gasteiger partial charge in [-0.3, -0.25) is 0 Å². The highest BCUT2D eigenvalue weighted by Crippen LogP contribution is 2.30. The lowest BCUT2D eigenvalue weighted by Crippen LogP contribution is -2.18. The molecule has 5 rings (SSSR count). The van der Waals surface area contributed by atoms with E-state index in [4.69, 9.17) is 4.42 Å². The van der Waals surface area contributed by atoms with Gasteiger partial charge in [0.15, 0.2) is 11.4 Å². The third-order valence-electron chi connectivity index (χ3n) is 4.86. The lowest BCUT2D eigenvalue weighted by Gasteiger charge is -2.16. The number of aromatic nitrogens is 3. The zero-order valence-corrected chi connectivity index (χ0v) is 14.4. The summed E-state index contributed by atoms with van der Waals surface area (Å²) in [4.78, 5) is 15.7. The lowest BCUT2D eigenvalue weighted by atomic mass is 10.2. The van der Waals surface area contributed by atoms with Gasteiger partial charge in [0.25, 0.3) is 0 Å². The van der Waals surface area contributed by atoms with Crippen molar-refractivity contribution >= 4 is 33.7 Å². The van der Waals surface area contributed by atoms with Crippen LogP contribution >= 0.6 is 0 Å². The van der Waals surface area contributed by atoms with Crippen LogP contribution in [0.25, 0.3) is 22.1 Å². The van der Waals surface area contributed by atoms with Gasteiger partial charge in [-0.1, -0.05) is 18.2 Å². The van der Waals surface area contributed by atoms with Crippen molar-refractivity contribution in [1.82, 2.24) is 15.0 Å². The second-order valence-corrected chi connectivity index (χ2v) is 6.57. The molecule has 1 N–H and O–H groups in total. The second kappa shape index (κ2) is 6.29. The summed E-state index contributed by atoms with van der Waals surface area (Å²) in [5.74, 6) is 1.77. The third kappa shape index (κ3) is 2.63. The molecule has 1 aliphatic rings. The van der Waals surface area contributed by atoms with E-state index in [1.54, 1.807) is 6.33 Å². The molecular formula is C20H19N5O. The first-order valence-corrected chi connectivity index (χ1v) is 8.94. The van der Waals surface area contributed by atoms with E-state index in [0.717, 1.165) is 41.0 Å². The Bertz CT molecular complexity index is 1050. The number of para-hydroxylation sites is 1. The van der Waals surface area contributed by atoms with Crippen molar-refractivity contribution in [2.45, 2.75) is 19.4 Å². The Labute approximate surface area is 150 Å². The standard InChI is InChI=1S/C20H19N5O/c1-2-6-16-15(5-1)18-19(26-16)20(24-13-23-18)22-12-14-7-8-17(21-11-14)25-9-3-4-10-25/h1-2,5-8,11,13H,3-4,9-10,12H2,(H,22,23,24). The second-order valence-electron chi connectivity index (χ2n) is 6.57. The molecule has 1 saturated heterocycles. The summed E-state index contributed by atoms with van der Waals surface area (Å²) in [6, 6.07) is 12.1. The molecule has 1 fully saturated rings. The van der Waals surface area contributed by atoms with Crippen LogP contribution in [0.3, 0.4) is 0 Å². The molecule has 0 unspecified atom stereocenters. The maximum Gasteiger partial charge on any atom is 0.196 e. The largest absolute Gasteiger partial charge is 0.450 e. The molecule has 1 aliphatic heterocycles. The van der Waals surface area contributed by atoms with Gasteiger partial charge >= 0.3 is 0 Å². The number of nitrogens with one attached hydrogen (secondary N) is 1. The van der Waals surface area contributed by atoms with Crippen molar-refractivity contribution in [3.63, 3.8) is 0 Å². The minimum absolute atomic E-state index is 0.635. The van der Waals surface area contributed by atoms with Crippen LogP contribution in [-0.4, -0.2) is 28.0 Å². The van der Waals surface area contributed by atoms with Gasteiger partial charge in [0.1, 0.15) is 23.2 Å². The molecule has 0 atom stereocenters. The number of benzene rings is 1. The zero-order valence-electron chi connectivity index (χ0n) is 14.4. The Hall–Kier alpha value is -3.15. The smallest absolute Gasteiger partial charge is 0.196 e. The van der Waals surface area contributed by atoms with Gasteiger partial charge in [-0.05, 0) is 36.6 Å². The van der Waals surface area contributed by atoms with E-state index in [0.29, 0.717) is 17.9 Å². The number of hydrogen-bond donors (Lipinski definition) is 1. The van der Waals surface area contributed by atoms with Crippen molar-refractivity contribution in [3.8, 4) is 0 Å². The van der Waals surface area contributed by atoms with Crippen molar-refractivity contribution in [1.29, 1.82) is 0 Å². The first-order chi connectivity index (χ1) is 12.9. The predicted molar refractivity (Wildman–Crippen MR) is 102 cm³/mol. The fraction of sp³-hybridized carbons (Fsp3) is 0.250. The van der Waals surface area contributed by atoms with E-state index in [9.17, 15) is 0 Å². The summed E-state index contributed by atoms with van der Waals surface area (Å²) in [5.41, 5.74) is 3.45. The number of rotatable bonds is 4. The number of furan rings is 1. The molecule has 0 spiro atoms. The van der Waals surface area contributed by atoms with Crippen LogP contribution < -0.4 is 10.2 Å². The van der Waals surface area contributed by atoms with Crippen molar-refractivity contribution < 1.29 is 4.42 Å². The summed E-state index contributed by atoms with van der Waals surface area (Å²) >= 11 is 0. The number of fused-ring (bicyclic) bond motifs is 3. The molecule has 4 aromatic rings. The van der Waals surface area contributed by atoms with Crippen LogP contribution in [0.4, 0.5) is 11.6 Å². The Morgan fingerprint density at radius 3 is 2.73 bits per heavy atom. The molecule has 26 heavy (non-hydrogen) atoms. The van der Waals surface area contributed by atoms with Crippen molar-refractivity contribution in [2.24, 2.45) is 0 Å². The first kappa shape index (κ1) is 15.1. The summed E-state index contributed by atoms with van der Waals surface area (Å²) in [6.45, 7) is 2.85. The molecule has 3 aromatic heterocycles. The van der Waals surface area contributed by atoms with Gasteiger partial charge in [-0.15, -0.1) is 0 Å². The molecule has 4 heterocycles. The van der Waals surface area contributed by atoms with E-state index in [-0.39, 0.29) is 0 Å². The minimum Gasteiger partial charge on any atom is -0.450 e. The molecule has 0 aliphatic carbocycles. The number of anilines is 2. The number of nitrogens with zero attached hydrogens (tertiary/aromatic N) is 4. The van der Waals surface area contributed by atoms with Crippen molar-refractivity contribution in [3.05, 3.63) is 54.5 Å². The monoisotopic (exact) mass is 345 g/mol. The van der Waals surface area contributed by atoms with E-state index in [1.807, 2.05) is 30.5 Å². The number of hydrogen-bond acceptors (Lipinski definition) is 6. The van der Waals surface area contributed by atoms with Crippen LogP contribution in [0.1, 0.15) is 18.4 Å². The predicted octanol–water partition coefficient (Wildman–Crippen LogP) is 3.98. The highest BCUT2D eigenvalue weighted by Gasteiger charge is 2.14. The first-order valence-electron chi connectivity index (χ1n) is 8.94. The summed E-state index contributed by atoms with van der Waals surface area (Å²) in [5, 5.41) is 4.36. The molecule has 1 aromatic carbocycles. The Balaban J connectivity index is 1.38. The molecule has 0 bridgehead atoms. The molecule has 0 amide bonds. The quantitative estimate of drug-likeness (QED) is 0.603. The highest BCUT2D eigenvalue weighted by atomic mass is 16.3. The van der Waals surface area contributed by atoms with Gasteiger partial charge in [-0.25, -0.2) is 15.0 Å². The number of pyridine rings is 1. The summed E-state index contributed by atoms with van der Waals surface area (Å²) < 4.78 is 5.95. The maximum absolute atomic E-state index is 5.95. The Morgan fingerprint density at radius 1 is 1.00 bits per heavy atom.